The quantitative estimate of drug-likeness (QED) is 0.264. The number of hydrogen-bond acceptors (Lipinski definition) is 4. The average Bonchev–Trinajstić information content (AvgIpc) is 2.12. The lowest BCUT2D eigenvalue weighted by atomic mass is 10.6. The minimum atomic E-state index is -0.621. The molecule has 0 bridgehead atoms. The lowest BCUT2D eigenvalue weighted by Gasteiger charge is -2.01. The Morgan fingerprint density at radius 3 is 2.54 bits per heavy atom. The highest BCUT2D eigenvalue weighted by atomic mass is 16.6. The van der Waals surface area contributed by atoms with Crippen molar-refractivity contribution in [1.29, 1.82) is 0 Å². The molecule has 0 aromatic carbocycles. The first-order valence-corrected chi connectivity index (χ1v) is 3.48. The van der Waals surface area contributed by atoms with Gasteiger partial charge in [0.2, 0.25) is 0 Å². The van der Waals surface area contributed by atoms with E-state index in [1.807, 2.05) is 0 Å². The molecule has 0 spiro atoms. The van der Waals surface area contributed by atoms with Crippen molar-refractivity contribution < 1.29 is 19.1 Å². The Morgan fingerprint density at radius 2 is 2.00 bits per heavy atom. The van der Waals surface area contributed by atoms with Crippen LogP contribution in [0.25, 0.3) is 4.85 Å². The Morgan fingerprint density at radius 1 is 1.38 bits per heavy atom. The van der Waals surface area contributed by atoms with Gasteiger partial charge in [0, 0.05) is 6.08 Å². The molecule has 0 atom stereocenters. The molecule has 0 radical (unpaired) electrons. The Bertz CT molecular complexity index is 241. The maximum atomic E-state index is 10.6. The highest BCUT2D eigenvalue weighted by Gasteiger charge is 2.04. The molecule has 0 N–H and O–H groups in total. The second kappa shape index (κ2) is 6.85. The zero-order valence-corrected chi connectivity index (χ0v) is 6.99. The normalized spacial score (nSPS) is 8.23. The van der Waals surface area contributed by atoms with Crippen molar-refractivity contribution in [3.63, 3.8) is 0 Å². The summed E-state index contributed by atoms with van der Waals surface area (Å²) < 4.78 is 9.02. The monoisotopic (exact) mass is 183 g/mol. The molecule has 0 unspecified atom stereocenters. The van der Waals surface area contributed by atoms with Gasteiger partial charge in [0.25, 0.3) is 0 Å². The fourth-order valence-corrected chi connectivity index (χ4v) is 0.467. The third-order valence-electron chi connectivity index (χ3n) is 0.966. The Kier molecular flexibility index (Phi) is 5.89. The van der Waals surface area contributed by atoms with Crippen LogP contribution in [0.3, 0.4) is 0 Å². The van der Waals surface area contributed by atoms with Crippen LogP contribution in [0, 0.1) is 6.57 Å². The highest BCUT2D eigenvalue weighted by molar-refractivity contribution is 5.81. The van der Waals surface area contributed by atoms with Crippen LogP contribution in [0.15, 0.2) is 12.7 Å². The van der Waals surface area contributed by atoms with Crippen molar-refractivity contribution in [2.75, 3.05) is 19.8 Å². The zero-order chi connectivity index (χ0) is 10.1. The van der Waals surface area contributed by atoms with E-state index in [0.717, 1.165) is 6.08 Å². The van der Waals surface area contributed by atoms with Crippen molar-refractivity contribution in [2.45, 2.75) is 0 Å². The summed E-state index contributed by atoms with van der Waals surface area (Å²) in [6, 6.07) is 0. The zero-order valence-electron chi connectivity index (χ0n) is 6.99. The summed E-state index contributed by atoms with van der Waals surface area (Å²) in [7, 11) is 0. The summed E-state index contributed by atoms with van der Waals surface area (Å²) in [5.74, 6) is -1.19. The van der Waals surface area contributed by atoms with E-state index in [0.29, 0.717) is 0 Å². The first kappa shape index (κ1) is 11.2. The highest BCUT2D eigenvalue weighted by Crippen LogP contribution is 1.83. The number of ether oxygens (including phenoxy) is 2. The van der Waals surface area contributed by atoms with Crippen LogP contribution in [0.2, 0.25) is 0 Å². The molecular weight excluding hydrogens is 174 g/mol. The maximum absolute atomic E-state index is 10.6. The Hall–Kier alpha value is -1.83. The van der Waals surface area contributed by atoms with Gasteiger partial charge in [-0.1, -0.05) is 6.58 Å². The van der Waals surface area contributed by atoms with E-state index in [-0.39, 0.29) is 19.8 Å². The van der Waals surface area contributed by atoms with Crippen LogP contribution in [-0.4, -0.2) is 31.7 Å². The van der Waals surface area contributed by atoms with Crippen LogP contribution < -0.4 is 0 Å². The van der Waals surface area contributed by atoms with Crippen molar-refractivity contribution in [3.05, 3.63) is 24.1 Å². The summed E-state index contributed by atoms with van der Waals surface area (Å²) in [6.45, 7) is 9.16. The van der Waals surface area contributed by atoms with Crippen molar-refractivity contribution in [3.8, 4) is 0 Å². The molecule has 0 aromatic rings. The summed E-state index contributed by atoms with van der Waals surface area (Å²) in [5, 5.41) is 0. The molecule has 0 aliphatic rings. The fourth-order valence-electron chi connectivity index (χ4n) is 0.467. The second-order valence-electron chi connectivity index (χ2n) is 1.91. The predicted molar refractivity (Wildman–Crippen MR) is 43.6 cm³/mol. The van der Waals surface area contributed by atoms with E-state index in [1.165, 1.54) is 0 Å². The third-order valence-corrected chi connectivity index (χ3v) is 0.966. The van der Waals surface area contributed by atoms with Crippen molar-refractivity contribution in [2.24, 2.45) is 0 Å². The lowest BCUT2D eigenvalue weighted by molar-refractivity contribution is -0.148. The van der Waals surface area contributed by atoms with Gasteiger partial charge in [0.15, 0.2) is 0 Å². The van der Waals surface area contributed by atoms with Gasteiger partial charge in [0.1, 0.15) is 13.2 Å². The van der Waals surface area contributed by atoms with Crippen LogP contribution in [-0.2, 0) is 19.1 Å². The molecule has 0 saturated carbocycles. The smallest absolute Gasteiger partial charge is 0.387 e. The van der Waals surface area contributed by atoms with E-state index in [9.17, 15) is 9.59 Å². The minimum Gasteiger partial charge on any atom is -0.459 e. The SMILES string of the molecule is [C-]#[N+]CC(=O)OCCOC(=O)C=C. The third kappa shape index (κ3) is 6.56. The summed E-state index contributed by atoms with van der Waals surface area (Å²) in [4.78, 5) is 23.8. The fraction of sp³-hybridized carbons (Fsp3) is 0.375. The summed E-state index contributed by atoms with van der Waals surface area (Å²) >= 11 is 0. The standard InChI is InChI=1S/C8H9NO4/c1-3-7(10)12-4-5-13-8(11)6-9-2/h3H,1,4-6H2. The molecule has 5 heteroatoms. The molecule has 0 rings (SSSR count). The number of nitrogens with zero attached hydrogens (tertiary/aromatic N) is 1. The Balaban J connectivity index is 3.36. The average molecular weight is 183 g/mol. The van der Waals surface area contributed by atoms with Gasteiger partial charge < -0.3 is 14.3 Å². The number of carbonyl (C=O) groups excluding carboxylic acids is 2. The topological polar surface area (TPSA) is 57.0 Å². The van der Waals surface area contributed by atoms with Gasteiger partial charge in [-0.05, 0) is 0 Å². The Labute approximate surface area is 75.8 Å². The lowest BCUT2D eigenvalue weighted by Crippen LogP contribution is -2.13. The molecule has 13 heavy (non-hydrogen) atoms. The number of esters is 2. The van der Waals surface area contributed by atoms with Gasteiger partial charge >= 0.3 is 18.5 Å². The van der Waals surface area contributed by atoms with Gasteiger partial charge in [-0.25, -0.2) is 16.2 Å². The van der Waals surface area contributed by atoms with E-state index < -0.39 is 11.9 Å². The molecule has 0 aliphatic carbocycles. The molecule has 0 amide bonds. The molecule has 0 fully saturated rings. The van der Waals surface area contributed by atoms with Gasteiger partial charge in [-0.2, -0.15) is 0 Å². The minimum absolute atomic E-state index is 0.0193. The first-order valence-electron chi connectivity index (χ1n) is 3.48. The molecule has 0 heterocycles. The van der Waals surface area contributed by atoms with Crippen LogP contribution >= 0.6 is 0 Å². The molecular formula is C8H9NO4. The molecule has 0 aliphatic heterocycles. The number of rotatable bonds is 5. The molecule has 5 nitrogen and oxygen atoms in total. The second-order valence-corrected chi connectivity index (χ2v) is 1.91. The maximum Gasteiger partial charge on any atom is 0.387 e. The van der Waals surface area contributed by atoms with E-state index in [1.54, 1.807) is 0 Å². The van der Waals surface area contributed by atoms with Crippen molar-refractivity contribution in [1.82, 2.24) is 0 Å². The number of carbonyl (C=O) groups is 2. The van der Waals surface area contributed by atoms with Gasteiger partial charge in [-0.15, -0.1) is 0 Å². The molecule has 0 saturated heterocycles. The summed E-state index contributed by atoms with van der Waals surface area (Å²) in [6.07, 6.45) is 1.01. The number of hydrogen-bond donors (Lipinski definition) is 0. The summed E-state index contributed by atoms with van der Waals surface area (Å²) in [5.41, 5.74) is 0. The first-order chi connectivity index (χ1) is 6.20. The van der Waals surface area contributed by atoms with Crippen molar-refractivity contribution >= 4 is 11.9 Å². The van der Waals surface area contributed by atoms with Crippen LogP contribution in [0.4, 0.5) is 0 Å². The van der Waals surface area contributed by atoms with Crippen LogP contribution in [0.5, 0.6) is 0 Å². The predicted octanol–water partition coefficient (Wildman–Crippen LogP) is 0.178. The van der Waals surface area contributed by atoms with Gasteiger partial charge in [-0.3, -0.25) is 0 Å². The van der Waals surface area contributed by atoms with Gasteiger partial charge in [0.05, 0.1) is 0 Å². The molecule has 70 valence electrons. The largest absolute Gasteiger partial charge is 0.459 e. The van der Waals surface area contributed by atoms with E-state index in [2.05, 4.69) is 20.9 Å². The van der Waals surface area contributed by atoms with Crippen LogP contribution in [0.1, 0.15) is 0 Å². The van der Waals surface area contributed by atoms with E-state index >= 15 is 0 Å². The van der Waals surface area contributed by atoms with E-state index in [4.69, 9.17) is 6.57 Å². The molecule has 0 aromatic heterocycles.